The molecule has 1 heterocycles. The Morgan fingerprint density at radius 3 is 2.52 bits per heavy atom. The lowest BCUT2D eigenvalue weighted by molar-refractivity contribution is 0.222. The Labute approximate surface area is 130 Å². The van der Waals surface area contributed by atoms with Gasteiger partial charge in [-0.3, -0.25) is 4.68 Å². The summed E-state index contributed by atoms with van der Waals surface area (Å²) >= 11 is 0. The first kappa shape index (κ1) is 18.1. The van der Waals surface area contributed by atoms with Gasteiger partial charge < -0.3 is 10.2 Å². The fraction of sp³-hybridized carbons (Fsp3) is 0.875. The van der Waals surface area contributed by atoms with Crippen LogP contribution in [0, 0.1) is 5.92 Å². The fourth-order valence-corrected chi connectivity index (χ4v) is 2.37. The minimum absolute atomic E-state index is 0.478. The van der Waals surface area contributed by atoms with Crippen LogP contribution in [0.4, 0.5) is 0 Å². The summed E-state index contributed by atoms with van der Waals surface area (Å²) in [6.45, 7) is 16.2. The van der Waals surface area contributed by atoms with Crippen LogP contribution in [-0.4, -0.2) is 45.6 Å². The molecule has 1 aromatic rings. The van der Waals surface area contributed by atoms with Gasteiger partial charge in [-0.05, 0) is 12.5 Å². The molecule has 5 nitrogen and oxygen atoms in total. The first-order valence-electron chi connectivity index (χ1n) is 8.43. The van der Waals surface area contributed by atoms with Crippen molar-refractivity contribution in [2.24, 2.45) is 5.92 Å². The number of nitrogens with one attached hydrogen (secondary N) is 1. The molecule has 0 saturated heterocycles. The quantitative estimate of drug-likeness (QED) is 0.681. The predicted octanol–water partition coefficient (Wildman–Crippen LogP) is 2.53. The molecule has 0 unspecified atom stereocenters. The molecule has 0 radical (unpaired) electrons. The summed E-state index contributed by atoms with van der Waals surface area (Å²) in [6, 6.07) is 0.478. The normalized spacial score (nSPS) is 12.0. The lowest BCUT2D eigenvalue weighted by Gasteiger charge is -2.24. The standard InChI is InChI=1S/C16H33N5/c1-6-15(7-2)12-20(8-3)9-10-21-13-16(18-19-21)11-17-14(4)5/h13-15,17H,6-12H2,1-5H3. The van der Waals surface area contributed by atoms with Gasteiger partial charge in [0.05, 0.1) is 12.2 Å². The molecule has 21 heavy (non-hydrogen) atoms. The molecular formula is C16H33N5. The van der Waals surface area contributed by atoms with Crippen LogP contribution in [-0.2, 0) is 13.1 Å². The van der Waals surface area contributed by atoms with Crippen LogP contribution in [0.2, 0.25) is 0 Å². The smallest absolute Gasteiger partial charge is 0.0964 e. The molecule has 1 aromatic heterocycles. The molecule has 0 atom stereocenters. The average Bonchev–Trinajstić information content (AvgIpc) is 2.93. The second-order valence-corrected chi connectivity index (χ2v) is 6.08. The minimum Gasteiger partial charge on any atom is -0.309 e. The second-order valence-electron chi connectivity index (χ2n) is 6.08. The van der Waals surface area contributed by atoms with E-state index < -0.39 is 0 Å². The topological polar surface area (TPSA) is 46.0 Å². The monoisotopic (exact) mass is 295 g/mol. The van der Waals surface area contributed by atoms with Crippen molar-refractivity contribution in [3.05, 3.63) is 11.9 Å². The van der Waals surface area contributed by atoms with Crippen molar-refractivity contribution in [1.82, 2.24) is 25.2 Å². The molecular weight excluding hydrogens is 262 g/mol. The van der Waals surface area contributed by atoms with Crippen LogP contribution < -0.4 is 5.32 Å². The van der Waals surface area contributed by atoms with Crippen LogP contribution in [0.1, 0.15) is 53.2 Å². The zero-order valence-electron chi connectivity index (χ0n) is 14.5. The van der Waals surface area contributed by atoms with E-state index in [1.807, 2.05) is 4.68 Å². The molecule has 1 rings (SSSR count). The molecule has 5 heteroatoms. The summed E-state index contributed by atoms with van der Waals surface area (Å²) in [5, 5.41) is 11.8. The van der Waals surface area contributed by atoms with Gasteiger partial charge in [0, 0.05) is 31.9 Å². The van der Waals surface area contributed by atoms with Crippen molar-refractivity contribution in [3.8, 4) is 0 Å². The fourth-order valence-electron chi connectivity index (χ4n) is 2.37. The van der Waals surface area contributed by atoms with Crippen molar-refractivity contribution in [2.75, 3.05) is 19.6 Å². The highest BCUT2D eigenvalue weighted by Gasteiger charge is 2.10. The zero-order chi connectivity index (χ0) is 15.7. The molecule has 122 valence electrons. The first-order valence-corrected chi connectivity index (χ1v) is 8.43. The molecule has 0 fully saturated rings. The van der Waals surface area contributed by atoms with E-state index in [1.54, 1.807) is 0 Å². The van der Waals surface area contributed by atoms with Gasteiger partial charge in [0.25, 0.3) is 0 Å². The Morgan fingerprint density at radius 1 is 1.24 bits per heavy atom. The first-order chi connectivity index (χ1) is 10.1. The highest BCUT2D eigenvalue weighted by atomic mass is 15.4. The van der Waals surface area contributed by atoms with Gasteiger partial charge in [-0.25, -0.2) is 0 Å². The lowest BCUT2D eigenvalue weighted by atomic mass is 10.0. The number of rotatable bonds is 11. The Bertz CT molecular complexity index is 370. The van der Waals surface area contributed by atoms with Crippen molar-refractivity contribution in [3.63, 3.8) is 0 Å². The van der Waals surface area contributed by atoms with Crippen LogP contribution in [0.5, 0.6) is 0 Å². The SMILES string of the molecule is CCC(CC)CN(CC)CCn1cc(CNC(C)C)nn1. The predicted molar refractivity (Wildman–Crippen MR) is 88.2 cm³/mol. The van der Waals surface area contributed by atoms with Crippen molar-refractivity contribution >= 4 is 0 Å². The van der Waals surface area contributed by atoms with Crippen LogP contribution in [0.15, 0.2) is 6.20 Å². The van der Waals surface area contributed by atoms with E-state index in [0.29, 0.717) is 6.04 Å². The van der Waals surface area contributed by atoms with Crippen LogP contribution in [0.25, 0.3) is 0 Å². The Morgan fingerprint density at radius 2 is 1.95 bits per heavy atom. The summed E-state index contributed by atoms with van der Waals surface area (Å²) in [5.74, 6) is 0.812. The Hall–Kier alpha value is -0.940. The molecule has 0 aliphatic carbocycles. The third-order valence-corrected chi connectivity index (χ3v) is 4.04. The minimum atomic E-state index is 0.478. The van der Waals surface area contributed by atoms with Gasteiger partial charge in [0.15, 0.2) is 0 Å². The largest absolute Gasteiger partial charge is 0.309 e. The van der Waals surface area contributed by atoms with Crippen LogP contribution in [0.3, 0.4) is 0 Å². The van der Waals surface area contributed by atoms with Gasteiger partial charge in [0.1, 0.15) is 0 Å². The summed E-state index contributed by atoms with van der Waals surface area (Å²) < 4.78 is 1.97. The van der Waals surface area contributed by atoms with Gasteiger partial charge in [-0.1, -0.05) is 52.7 Å². The van der Waals surface area contributed by atoms with E-state index in [1.165, 1.54) is 19.4 Å². The van der Waals surface area contributed by atoms with E-state index in [4.69, 9.17) is 0 Å². The van der Waals surface area contributed by atoms with Gasteiger partial charge in [-0.15, -0.1) is 5.10 Å². The Kier molecular flexibility index (Phi) is 8.54. The maximum atomic E-state index is 4.22. The number of aromatic nitrogens is 3. The maximum absolute atomic E-state index is 4.22. The average molecular weight is 295 g/mol. The van der Waals surface area contributed by atoms with Gasteiger partial charge in [-0.2, -0.15) is 0 Å². The van der Waals surface area contributed by atoms with E-state index in [0.717, 1.165) is 37.8 Å². The number of nitrogens with zero attached hydrogens (tertiary/aromatic N) is 4. The van der Waals surface area contributed by atoms with Crippen molar-refractivity contribution < 1.29 is 0 Å². The summed E-state index contributed by atoms with van der Waals surface area (Å²) in [5.41, 5.74) is 1.02. The number of hydrogen-bond donors (Lipinski definition) is 1. The van der Waals surface area contributed by atoms with Gasteiger partial charge in [0.2, 0.25) is 0 Å². The molecule has 0 aromatic carbocycles. The number of hydrogen-bond acceptors (Lipinski definition) is 4. The van der Waals surface area contributed by atoms with Gasteiger partial charge >= 0.3 is 0 Å². The summed E-state index contributed by atoms with van der Waals surface area (Å²) in [6.07, 6.45) is 4.59. The lowest BCUT2D eigenvalue weighted by Crippen LogP contribution is -2.32. The van der Waals surface area contributed by atoms with Crippen LogP contribution >= 0.6 is 0 Å². The summed E-state index contributed by atoms with van der Waals surface area (Å²) in [7, 11) is 0. The van der Waals surface area contributed by atoms with Crippen molar-refractivity contribution in [2.45, 2.75) is 66.6 Å². The third-order valence-electron chi connectivity index (χ3n) is 4.04. The van der Waals surface area contributed by atoms with E-state index >= 15 is 0 Å². The molecule has 0 bridgehead atoms. The molecule has 1 N–H and O–H groups in total. The molecule has 0 aliphatic rings. The zero-order valence-corrected chi connectivity index (χ0v) is 14.5. The maximum Gasteiger partial charge on any atom is 0.0964 e. The molecule has 0 aliphatic heterocycles. The second kappa shape index (κ2) is 9.90. The number of likely N-dealkylation sites (N-methyl/N-ethyl adjacent to an activating group) is 1. The molecule has 0 amide bonds. The van der Waals surface area contributed by atoms with E-state index in [2.05, 4.69) is 61.3 Å². The highest BCUT2D eigenvalue weighted by Crippen LogP contribution is 2.09. The molecule has 0 saturated carbocycles. The van der Waals surface area contributed by atoms with E-state index in [9.17, 15) is 0 Å². The summed E-state index contributed by atoms with van der Waals surface area (Å²) in [4.78, 5) is 2.52. The Balaban J connectivity index is 2.38. The third kappa shape index (κ3) is 7.05. The van der Waals surface area contributed by atoms with E-state index in [-0.39, 0.29) is 0 Å². The van der Waals surface area contributed by atoms with Crippen molar-refractivity contribution in [1.29, 1.82) is 0 Å². The molecule has 0 spiro atoms. The highest BCUT2D eigenvalue weighted by molar-refractivity contribution is 4.91.